The van der Waals surface area contributed by atoms with E-state index in [1.165, 1.54) is 0 Å². The highest BCUT2D eigenvalue weighted by Crippen LogP contribution is 2.71. The molecule has 0 saturated carbocycles. The average Bonchev–Trinajstić information content (AvgIpc) is 2.77. The lowest BCUT2D eigenvalue weighted by atomic mass is 10.1. The van der Waals surface area contributed by atoms with Gasteiger partial charge in [-0.1, -0.05) is 72.8 Å². The van der Waals surface area contributed by atoms with Gasteiger partial charge in [0.05, 0.1) is 0 Å². The van der Waals surface area contributed by atoms with Crippen LogP contribution < -0.4 is 0 Å². The largest absolute Gasteiger partial charge is 0.524 e. The zero-order chi connectivity index (χ0) is 22.1. The van der Waals surface area contributed by atoms with Crippen LogP contribution in [-0.4, -0.2) is 13.9 Å². The van der Waals surface area contributed by atoms with Gasteiger partial charge in [0, 0.05) is 14.7 Å². The fourth-order valence-electron chi connectivity index (χ4n) is 3.35. The predicted octanol–water partition coefficient (Wildman–Crippen LogP) is 6.90. The van der Waals surface area contributed by atoms with Gasteiger partial charge in [-0.3, -0.25) is 0 Å². The first kappa shape index (κ1) is 21.4. The number of fused-ring (bicyclic) bond motifs is 1. The van der Waals surface area contributed by atoms with Crippen LogP contribution in [0.3, 0.4) is 0 Å². The Morgan fingerprint density at radius 3 is 1.65 bits per heavy atom. The normalized spacial score (nSPS) is 13.3. The van der Waals surface area contributed by atoms with E-state index in [1.54, 1.807) is 84.9 Å². The maximum absolute atomic E-state index is 13.5. The fraction of sp³-hybridized carbons (Fsp3) is 0.0435. The van der Waals surface area contributed by atoms with E-state index >= 15 is 0 Å². The van der Waals surface area contributed by atoms with Crippen LogP contribution in [0.15, 0.2) is 118 Å². The Balaban J connectivity index is 2.16. The SMILES string of the molecule is O=S(=O)(OS(c1ccccc1)(c1ccccc1)c1cccc2ccccc12)C(F)(F)F. The Morgan fingerprint density at radius 2 is 1.10 bits per heavy atom. The number of hydrogen-bond acceptors (Lipinski definition) is 3. The van der Waals surface area contributed by atoms with E-state index in [-0.39, 0.29) is 0 Å². The Bertz CT molecular complexity index is 1260. The molecular formula is C23H17F3O3S2. The molecule has 0 N–H and O–H groups in total. The molecule has 0 heterocycles. The van der Waals surface area contributed by atoms with Crippen LogP contribution >= 0.6 is 10.3 Å². The van der Waals surface area contributed by atoms with E-state index in [4.69, 9.17) is 3.63 Å². The van der Waals surface area contributed by atoms with Crippen LogP contribution in [0.4, 0.5) is 13.2 Å². The van der Waals surface area contributed by atoms with Crippen LogP contribution in [0.1, 0.15) is 0 Å². The van der Waals surface area contributed by atoms with Crippen molar-refractivity contribution in [3.05, 3.63) is 103 Å². The molecule has 0 atom stereocenters. The van der Waals surface area contributed by atoms with Gasteiger partial charge in [0.15, 0.2) is 0 Å². The first-order valence-corrected chi connectivity index (χ1v) is 12.2. The zero-order valence-electron chi connectivity index (χ0n) is 16.0. The highest BCUT2D eigenvalue weighted by atomic mass is 32.3. The van der Waals surface area contributed by atoms with Crippen LogP contribution in [0.25, 0.3) is 10.8 Å². The molecule has 0 amide bonds. The molecule has 0 aromatic heterocycles. The van der Waals surface area contributed by atoms with Gasteiger partial charge in [0.2, 0.25) is 0 Å². The lowest BCUT2D eigenvalue weighted by molar-refractivity contribution is -0.0496. The molecule has 0 spiro atoms. The molecule has 4 aromatic carbocycles. The van der Waals surface area contributed by atoms with Crippen LogP contribution in [0.5, 0.6) is 0 Å². The number of rotatable bonds is 5. The van der Waals surface area contributed by atoms with Crippen LogP contribution in [0, 0.1) is 0 Å². The summed E-state index contributed by atoms with van der Waals surface area (Å²) >= 11 is 0. The average molecular weight is 463 g/mol. The minimum absolute atomic E-state index is 0.338. The summed E-state index contributed by atoms with van der Waals surface area (Å²) < 4.78 is 70.7. The second-order valence-corrected chi connectivity index (χ2v) is 11.0. The van der Waals surface area contributed by atoms with Gasteiger partial charge in [-0.15, -0.1) is 0 Å². The van der Waals surface area contributed by atoms with Crippen LogP contribution in [0.2, 0.25) is 0 Å². The lowest BCUT2D eigenvalue weighted by Gasteiger charge is -2.40. The Hall–Kier alpha value is -2.81. The topological polar surface area (TPSA) is 43.4 Å². The number of halogens is 3. The number of benzene rings is 4. The molecule has 0 unspecified atom stereocenters. The third-order valence-electron chi connectivity index (χ3n) is 4.68. The Morgan fingerprint density at radius 1 is 0.613 bits per heavy atom. The molecule has 4 rings (SSSR count). The molecule has 0 aliphatic rings. The van der Waals surface area contributed by atoms with E-state index < -0.39 is 25.9 Å². The third kappa shape index (κ3) is 3.82. The van der Waals surface area contributed by atoms with Gasteiger partial charge in [0.1, 0.15) is 0 Å². The molecule has 31 heavy (non-hydrogen) atoms. The van der Waals surface area contributed by atoms with Crippen molar-refractivity contribution in [3.63, 3.8) is 0 Å². The summed E-state index contributed by atoms with van der Waals surface area (Å²) in [6.45, 7) is 0. The van der Waals surface area contributed by atoms with Gasteiger partial charge < -0.3 is 0 Å². The maximum Gasteiger partial charge on any atom is 0.524 e. The Labute approximate surface area is 179 Å². The second-order valence-electron chi connectivity index (χ2n) is 6.63. The van der Waals surface area contributed by atoms with Crippen molar-refractivity contribution < 1.29 is 25.2 Å². The van der Waals surface area contributed by atoms with Crippen molar-refractivity contribution in [1.29, 1.82) is 0 Å². The third-order valence-corrected chi connectivity index (χ3v) is 9.63. The molecule has 160 valence electrons. The zero-order valence-corrected chi connectivity index (χ0v) is 17.6. The monoisotopic (exact) mass is 462 g/mol. The summed E-state index contributed by atoms with van der Waals surface area (Å²) in [5.41, 5.74) is -5.57. The summed E-state index contributed by atoms with van der Waals surface area (Å²) in [6.07, 6.45) is 0. The standard InChI is InChI=1S/C23H17F3O3S2/c24-23(25,26)31(27,28)29-30(19-12-3-1-4-13-19,20-14-5-2-6-15-20)22-17-9-11-18-10-7-8-16-21(18)22/h1-17H. The molecule has 0 aliphatic heterocycles. The summed E-state index contributed by atoms with van der Waals surface area (Å²) in [7, 11) is -9.24. The van der Waals surface area contributed by atoms with Gasteiger partial charge in [-0.05, 0) is 51.4 Å². The van der Waals surface area contributed by atoms with Crippen molar-refractivity contribution in [1.82, 2.24) is 0 Å². The molecule has 0 bridgehead atoms. The maximum atomic E-state index is 13.5. The van der Waals surface area contributed by atoms with E-state index in [0.717, 1.165) is 5.39 Å². The highest BCUT2D eigenvalue weighted by molar-refractivity contribution is 8.33. The van der Waals surface area contributed by atoms with E-state index in [1.807, 2.05) is 18.2 Å². The number of hydrogen-bond donors (Lipinski definition) is 0. The van der Waals surface area contributed by atoms with Crippen molar-refractivity contribution >= 4 is 31.2 Å². The smallest absolute Gasteiger partial charge is 0.200 e. The van der Waals surface area contributed by atoms with E-state index in [2.05, 4.69) is 0 Å². The Kier molecular flexibility index (Phi) is 5.55. The molecule has 4 aromatic rings. The summed E-state index contributed by atoms with van der Waals surface area (Å²) in [4.78, 5) is 1.05. The van der Waals surface area contributed by atoms with Crippen LogP contribution in [-0.2, 0) is 13.7 Å². The number of alkyl halides is 3. The molecular weight excluding hydrogens is 445 g/mol. The summed E-state index contributed by atoms with van der Waals surface area (Å²) in [6, 6.07) is 28.6. The second kappa shape index (κ2) is 8.03. The van der Waals surface area contributed by atoms with E-state index in [9.17, 15) is 21.6 Å². The van der Waals surface area contributed by atoms with Crippen molar-refractivity contribution in [2.24, 2.45) is 0 Å². The van der Waals surface area contributed by atoms with Crippen molar-refractivity contribution in [2.45, 2.75) is 20.2 Å². The fourth-order valence-corrected chi connectivity index (χ4v) is 8.28. The molecule has 0 fully saturated rings. The van der Waals surface area contributed by atoms with Gasteiger partial charge in [-0.2, -0.15) is 25.2 Å². The lowest BCUT2D eigenvalue weighted by Crippen LogP contribution is -2.27. The summed E-state index contributed by atoms with van der Waals surface area (Å²) in [5, 5.41) is 1.38. The molecule has 3 nitrogen and oxygen atoms in total. The minimum atomic E-state index is -5.93. The molecule has 0 radical (unpaired) electrons. The summed E-state index contributed by atoms with van der Waals surface area (Å²) in [5.74, 6) is 0. The quantitative estimate of drug-likeness (QED) is 0.303. The van der Waals surface area contributed by atoms with Crippen molar-refractivity contribution in [3.8, 4) is 0 Å². The van der Waals surface area contributed by atoms with Gasteiger partial charge in [0.25, 0.3) is 0 Å². The first-order chi connectivity index (χ1) is 14.8. The molecule has 0 aliphatic carbocycles. The molecule has 8 heteroatoms. The van der Waals surface area contributed by atoms with E-state index in [0.29, 0.717) is 20.1 Å². The first-order valence-electron chi connectivity index (χ1n) is 9.19. The minimum Gasteiger partial charge on any atom is -0.200 e. The predicted molar refractivity (Wildman–Crippen MR) is 115 cm³/mol. The van der Waals surface area contributed by atoms with Gasteiger partial charge in [-0.25, -0.2) is 0 Å². The van der Waals surface area contributed by atoms with Gasteiger partial charge >= 0.3 is 15.6 Å². The van der Waals surface area contributed by atoms with Crippen molar-refractivity contribution in [2.75, 3.05) is 0 Å². The molecule has 0 saturated heterocycles. The highest BCUT2D eigenvalue weighted by Gasteiger charge is 2.52.